The second-order valence-electron chi connectivity index (χ2n) is 3.49. The van der Waals surface area contributed by atoms with Crippen LogP contribution in [0, 0.1) is 0 Å². The highest BCUT2D eigenvalue weighted by atomic mass is 15.2. The van der Waals surface area contributed by atoms with Crippen LogP contribution in [0.2, 0.25) is 0 Å². The number of rotatable bonds is 3. The molecule has 0 aliphatic carbocycles. The fraction of sp³-hybridized carbons (Fsp3) is 0.182. The lowest BCUT2D eigenvalue weighted by Gasteiger charge is -2.13. The van der Waals surface area contributed by atoms with E-state index in [1.165, 1.54) is 0 Å². The van der Waals surface area contributed by atoms with Crippen molar-refractivity contribution >= 4 is 11.6 Å². The lowest BCUT2D eigenvalue weighted by Crippen LogP contribution is -2.08. The number of hydrogen-bond acceptors (Lipinski definition) is 5. The fourth-order valence-corrected chi connectivity index (χ4v) is 1.38. The first-order valence-electron chi connectivity index (χ1n) is 5.01. The van der Waals surface area contributed by atoms with Crippen molar-refractivity contribution in [2.75, 3.05) is 11.1 Å². The van der Waals surface area contributed by atoms with Gasteiger partial charge in [-0.15, -0.1) is 10.2 Å². The summed E-state index contributed by atoms with van der Waals surface area (Å²) in [6.07, 6.45) is 3.53. The molecule has 0 aliphatic heterocycles. The SMILES string of the molecule is CC(Nc1ccc(N)nn1)c1ccncc1. The molecule has 0 radical (unpaired) electrons. The van der Waals surface area contributed by atoms with Crippen molar-refractivity contribution < 1.29 is 0 Å². The van der Waals surface area contributed by atoms with Crippen LogP contribution in [0.15, 0.2) is 36.7 Å². The van der Waals surface area contributed by atoms with E-state index < -0.39 is 0 Å². The summed E-state index contributed by atoms with van der Waals surface area (Å²) in [6, 6.07) is 7.60. The third-order valence-corrected chi connectivity index (χ3v) is 2.26. The summed E-state index contributed by atoms with van der Waals surface area (Å²) in [5.41, 5.74) is 6.61. The molecule has 82 valence electrons. The van der Waals surface area contributed by atoms with Crippen molar-refractivity contribution in [2.45, 2.75) is 13.0 Å². The van der Waals surface area contributed by atoms with Gasteiger partial charge in [-0.1, -0.05) is 0 Å². The van der Waals surface area contributed by atoms with Gasteiger partial charge in [-0.2, -0.15) is 0 Å². The van der Waals surface area contributed by atoms with Crippen molar-refractivity contribution in [1.82, 2.24) is 15.2 Å². The zero-order valence-corrected chi connectivity index (χ0v) is 8.96. The molecule has 0 fully saturated rings. The Kier molecular flexibility index (Phi) is 2.95. The topological polar surface area (TPSA) is 76.7 Å². The third kappa shape index (κ3) is 2.44. The molecule has 1 atom stereocenters. The third-order valence-electron chi connectivity index (χ3n) is 2.26. The fourth-order valence-electron chi connectivity index (χ4n) is 1.38. The Labute approximate surface area is 93.7 Å². The van der Waals surface area contributed by atoms with Crippen LogP contribution in [0.3, 0.4) is 0 Å². The molecule has 0 bridgehead atoms. The maximum Gasteiger partial charge on any atom is 0.149 e. The minimum atomic E-state index is 0.154. The van der Waals surface area contributed by atoms with E-state index in [9.17, 15) is 0 Å². The quantitative estimate of drug-likeness (QED) is 0.813. The van der Waals surface area contributed by atoms with E-state index in [2.05, 4.69) is 20.5 Å². The normalized spacial score (nSPS) is 12.1. The number of nitrogen functional groups attached to an aromatic ring is 1. The van der Waals surface area contributed by atoms with Gasteiger partial charge in [-0.05, 0) is 36.8 Å². The molecule has 5 nitrogen and oxygen atoms in total. The average molecular weight is 215 g/mol. The van der Waals surface area contributed by atoms with Gasteiger partial charge in [0.1, 0.15) is 11.6 Å². The number of nitrogens with zero attached hydrogens (tertiary/aromatic N) is 3. The number of pyridine rings is 1. The molecule has 2 aromatic rings. The van der Waals surface area contributed by atoms with Crippen LogP contribution in [0.4, 0.5) is 11.6 Å². The Morgan fingerprint density at radius 1 is 1.12 bits per heavy atom. The minimum absolute atomic E-state index is 0.154. The Balaban J connectivity index is 2.08. The predicted octanol–water partition coefficient (Wildman–Crippen LogP) is 1.63. The van der Waals surface area contributed by atoms with Gasteiger partial charge in [-0.3, -0.25) is 4.98 Å². The average Bonchev–Trinajstić information content (AvgIpc) is 2.33. The second kappa shape index (κ2) is 4.57. The smallest absolute Gasteiger partial charge is 0.149 e. The maximum absolute atomic E-state index is 5.46. The summed E-state index contributed by atoms with van der Waals surface area (Å²) in [6.45, 7) is 2.05. The van der Waals surface area contributed by atoms with Gasteiger partial charge in [0.25, 0.3) is 0 Å². The summed E-state index contributed by atoms with van der Waals surface area (Å²) in [5.74, 6) is 1.13. The highest BCUT2D eigenvalue weighted by Gasteiger charge is 2.05. The van der Waals surface area contributed by atoms with E-state index >= 15 is 0 Å². The lowest BCUT2D eigenvalue weighted by atomic mass is 10.1. The number of aromatic nitrogens is 3. The van der Waals surface area contributed by atoms with Gasteiger partial charge in [0, 0.05) is 12.4 Å². The van der Waals surface area contributed by atoms with Gasteiger partial charge < -0.3 is 11.1 Å². The molecule has 3 N–H and O–H groups in total. The number of hydrogen-bond donors (Lipinski definition) is 2. The number of nitrogens with two attached hydrogens (primary N) is 1. The van der Waals surface area contributed by atoms with E-state index in [0.717, 1.165) is 5.56 Å². The molecule has 5 heteroatoms. The van der Waals surface area contributed by atoms with Crippen molar-refractivity contribution in [3.63, 3.8) is 0 Å². The molecule has 0 saturated heterocycles. The number of nitrogens with one attached hydrogen (secondary N) is 1. The van der Waals surface area contributed by atoms with Crippen LogP contribution in [0.5, 0.6) is 0 Å². The highest BCUT2D eigenvalue weighted by molar-refractivity contribution is 5.40. The predicted molar refractivity (Wildman–Crippen MR) is 62.7 cm³/mol. The standard InChI is InChI=1S/C11H13N5/c1-8(9-4-6-13-7-5-9)14-11-3-2-10(12)15-16-11/h2-8H,1H3,(H2,12,15)(H,14,16). The Morgan fingerprint density at radius 3 is 2.50 bits per heavy atom. The van der Waals surface area contributed by atoms with Crippen molar-refractivity contribution in [3.05, 3.63) is 42.2 Å². The maximum atomic E-state index is 5.46. The van der Waals surface area contributed by atoms with Crippen molar-refractivity contribution in [2.24, 2.45) is 0 Å². The summed E-state index contributed by atoms with van der Waals surface area (Å²) in [4.78, 5) is 3.97. The Bertz CT molecular complexity index is 440. The summed E-state index contributed by atoms with van der Waals surface area (Å²) in [5, 5.41) is 10.9. The van der Waals surface area contributed by atoms with Crippen LogP contribution in [0.1, 0.15) is 18.5 Å². The van der Waals surface area contributed by atoms with Gasteiger partial charge in [-0.25, -0.2) is 0 Å². The van der Waals surface area contributed by atoms with E-state index in [-0.39, 0.29) is 6.04 Å². The zero-order chi connectivity index (χ0) is 11.4. The molecule has 0 aromatic carbocycles. The highest BCUT2D eigenvalue weighted by Crippen LogP contribution is 2.16. The molecule has 0 amide bonds. The van der Waals surface area contributed by atoms with Crippen LogP contribution >= 0.6 is 0 Å². The monoisotopic (exact) mass is 215 g/mol. The first-order chi connectivity index (χ1) is 7.75. The first kappa shape index (κ1) is 10.4. The van der Waals surface area contributed by atoms with Crippen LogP contribution in [-0.4, -0.2) is 15.2 Å². The van der Waals surface area contributed by atoms with Gasteiger partial charge in [0.2, 0.25) is 0 Å². The molecule has 2 rings (SSSR count). The summed E-state index contributed by atoms with van der Waals surface area (Å²) in [7, 11) is 0. The van der Waals surface area contributed by atoms with Gasteiger partial charge in [0.15, 0.2) is 0 Å². The molecule has 0 spiro atoms. The summed E-state index contributed by atoms with van der Waals surface area (Å²) < 4.78 is 0. The van der Waals surface area contributed by atoms with Crippen LogP contribution in [-0.2, 0) is 0 Å². The molecule has 2 aromatic heterocycles. The largest absolute Gasteiger partial charge is 0.382 e. The molecule has 16 heavy (non-hydrogen) atoms. The summed E-state index contributed by atoms with van der Waals surface area (Å²) >= 11 is 0. The van der Waals surface area contributed by atoms with Gasteiger partial charge >= 0.3 is 0 Å². The van der Waals surface area contributed by atoms with Crippen LogP contribution < -0.4 is 11.1 Å². The number of anilines is 2. The lowest BCUT2D eigenvalue weighted by molar-refractivity contribution is 0.859. The zero-order valence-electron chi connectivity index (χ0n) is 8.96. The Morgan fingerprint density at radius 2 is 1.88 bits per heavy atom. The molecular formula is C11H13N5. The van der Waals surface area contributed by atoms with E-state index in [0.29, 0.717) is 11.6 Å². The van der Waals surface area contributed by atoms with Crippen molar-refractivity contribution in [1.29, 1.82) is 0 Å². The molecule has 1 unspecified atom stereocenters. The van der Waals surface area contributed by atoms with Crippen LogP contribution in [0.25, 0.3) is 0 Å². The molecular weight excluding hydrogens is 202 g/mol. The van der Waals surface area contributed by atoms with E-state index in [1.54, 1.807) is 24.5 Å². The van der Waals surface area contributed by atoms with Crippen molar-refractivity contribution in [3.8, 4) is 0 Å². The van der Waals surface area contributed by atoms with Gasteiger partial charge in [0.05, 0.1) is 6.04 Å². The molecule has 2 heterocycles. The van der Waals surface area contributed by atoms with E-state index in [1.807, 2.05) is 19.1 Å². The first-order valence-corrected chi connectivity index (χ1v) is 5.01. The molecule has 0 aliphatic rings. The Hall–Kier alpha value is -2.17. The van der Waals surface area contributed by atoms with E-state index in [4.69, 9.17) is 5.73 Å². The molecule has 0 saturated carbocycles. The minimum Gasteiger partial charge on any atom is -0.382 e. The second-order valence-corrected chi connectivity index (χ2v) is 3.49.